The number of carbonyl (C=O) groups excluding carboxylic acids is 1. The summed E-state index contributed by atoms with van der Waals surface area (Å²) in [7, 11) is -3.92. The predicted octanol–water partition coefficient (Wildman–Crippen LogP) is 3.96. The third-order valence-corrected chi connectivity index (χ3v) is 6.99. The Morgan fingerprint density at radius 2 is 1.81 bits per heavy atom. The molecule has 32 heavy (non-hydrogen) atoms. The predicted molar refractivity (Wildman–Crippen MR) is 118 cm³/mol. The van der Waals surface area contributed by atoms with Crippen molar-refractivity contribution in [1.29, 1.82) is 0 Å². The molecule has 6 nitrogen and oxygen atoms in total. The van der Waals surface area contributed by atoms with Crippen LogP contribution in [0.3, 0.4) is 0 Å². The average Bonchev–Trinajstić information content (AvgIpc) is 3.45. The van der Waals surface area contributed by atoms with E-state index in [2.05, 4.69) is 0 Å². The van der Waals surface area contributed by atoms with Gasteiger partial charge >= 0.3 is 0 Å². The second kappa shape index (κ2) is 7.43. The summed E-state index contributed by atoms with van der Waals surface area (Å²) in [5, 5.41) is 5.20. The monoisotopic (exact) mass is 455 g/mol. The highest BCUT2D eigenvalue weighted by atomic mass is 32.2. The summed E-state index contributed by atoms with van der Waals surface area (Å²) in [6.07, 6.45) is 1.63. The maximum Gasteiger partial charge on any atom is 0.238 e. The number of Topliss-reactive ketones (excluding diaryl/α,β-unsaturated/α-hetero) is 1. The van der Waals surface area contributed by atoms with Crippen LogP contribution in [0.25, 0.3) is 11.1 Å². The highest BCUT2D eigenvalue weighted by Gasteiger charge is 2.50. The zero-order chi connectivity index (χ0) is 22.5. The van der Waals surface area contributed by atoms with E-state index in [-0.39, 0.29) is 30.9 Å². The van der Waals surface area contributed by atoms with Crippen molar-refractivity contribution in [2.24, 2.45) is 5.14 Å². The van der Waals surface area contributed by atoms with Crippen LogP contribution in [0.5, 0.6) is 11.5 Å². The molecule has 3 aromatic rings. The third-order valence-electron chi connectivity index (χ3n) is 6.08. The van der Waals surface area contributed by atoms with Crippen LogP contribution >= 0.6 is 0 Å². The highest BCUT2D eigenvalue weighted by Crippen LogP contribution is 2.51. The van der Waals surface area contributed by atoms with Crippen molar-refractivity contribution in [2.45, 2.75) is 29.6 Å². The zero-order valence-electron chi connectivity index (χ0n) is 17.0. The second-order valence-corrected chi connectivity index (χ2v) is 9.70. The molecule has 0 saturated heterocycles. The Morgan fingerprint density at radius 3 is 2.56 bits per heavy atom. The molecule has 0 unspecified atom stereocenters. The van der Waals surface area contributed by atoms with E-state index >= 15 is 0 Å². The number of primary sulfonamides is 1. The standard InChI is InChI=1S/C24H20FNO5S.H2/c25-20-6-4-15(10-19(20)16-2-1-3-18(12-16)32(26,28)29)11-23(27)24(8-9-24)17-5-7-21-22(13-17)31-14-30-21;/h1-7,10,12-13H,8-9,11,14H2,(H2,26,28,29);1H. The fourth-order valence-corrected chi connectivity index (χ4v) is 4.71. The molecule has 0 amide bonds. The van der Waals surface area contributed by atoms with Crippen LogP contribution in [0.4, 0.5) is 4.39 Å². The van der Waals surface area contributed by atoms with Gasteiger partial charge in [-0.3, -0.25) is 4.79 Å². The lowest BCUT2D eigenvalue weighted by Gasteiger charge is -2.16. The molecule has 1 saturated carbocycles. The van der Waals surface area contributed by atoms with E-state index in [1.165, 1.54) is 24.3 Å². The van der Waals surface area contributed by atoms with Crippen LogP contribution < -0.4 is 14.6 Å². The number of carbonyl (C=O) groups is 1. The first kappa shape index (κ1) is 20.7. The fourth-order valence-electron chi connectivity index (χ4n) is 4.15. The summed E-state index contributed by atoms with van der Waals surface area (Å²) >= 11 is 0. The van der Waals surface area contributed by atoms with Crippen molar-refractivity contribution in [1.82, 2.24) is 0 Å². The normalized spacial score (nSPS) is 16.1. The minimum absolute atomic E-state index is 0. The first-order chi connectivity index (χ1) is 15.3. The van der Waals surface area contributed by atoms with Gasteiger partial charge in [-0.2, -0.15) is 0 Å². The van der Waals surface area contributed by atoms with Gasteiger partial charge in [-0.25, -0.2) is 17.9 Å². The SMILES string of the molecule is NS(=O)(=O)c1cccc(-c2cc(CC(=O)C3(c4ccc5c(c4)OCO5)CC3)ccc2F)c1.[HH]. The molecule has 0 radical (unpaired) electrons. The van der Waals surface area contributed by atoms with Gasteiger partial charge in [0.1, 0.15) is 11.6 Å². The topological polar surface area (TPSA) is 95.7 Å². The summed E-state index contributed by atoms with van der Waals surface area (Å²) < 4.78 is 48.7. The van der Waals surface area contributed by atoms with Crippen LogP contribution in [0.2, 0.25) is 0 Å². The number of fused-ring (bicyclic) bond motifs is 1. The van der Waals surface area contributed by atoms with Gasteiger partial charge in [0, 0.05) is 13.4 Å². The van der Waals surface area contributed by atoms with Crippen LogP contribution in [-0.2, 0) is 26.7 Å². The largest absolute Gasteiger partial charge is 0.454 e. The molecular weight excluding hydrogens is 433 g/mol. The Labute approximate surface area is 186 Å². The molecule has 1 aliphatic heterocycles. The van der Waals surface area contributed by atoms with E-state index in [1.807, 2.05) is 18.2 Å². The molecular formula is C24H22FNO5S. The summed E-state index contributed by atoms with van der Waals surface area (Å²) in [5.74, 6) is 0.846. The van der Waals surface area contributed by atoms with Crippen LogP contribution in [0, 0.1) is 5.82 Å². The molecule has 2 aliphatic rings. The number of hydrogen-bond acceptors (Lipinski definition) is 5. The summed E-state index contributed by atoms with van der Waals surface area (Å²) in [5.41, 5.74) is 1.58. The number of benzene rings is 3. The van der Waals surface area contributed by atoms with Gasteiger partial charge < -0.3 is 9.47 Å². The molecule has 0 bridgehead atoms. The molecule has 1 fully saturated rings. The minimum atomic E-state index is -3.92. The smallest absolute Gasteiger partial charge is 0.238 e. The summed E-state index contributed by atoms with van der Waals surface area (Å²) in [4.78, 5) is 13.2. The van der Waals surface area contributed by atoms with E-state index in [1.54, 1.807) is 18.2 Å². The van der Waals surface area contributed by atoms with Crippen molar-refractivity contribution in [3.8, 4) is 22.6 Å². The zero-order valence-corrected chi connectivity index (χ0v) is 17.8. The van der Waals surface area contributed by atoms with Crippen molar-refractivity contribution in [2.75, 3.05) is 6.79 Å². The quantitative estimate of drug-likeness (QED) is 0.607. The molecule has 5 rings (SSSR count). The summed E-state index contributed by atoms with van der Waals surface area (Å²) in [6, 6.07) is 15.8. The van der Waals surface area contributed by atoms with Gasteiger partial charge in [0.2, 0.25) is 16.8 Å². The van der Waals surface area contributed by atoms with E-state index in [0.29, 0.717) is 22.6 Å². The Kier molecular flexibility index (Phi) is 4.79. The van der Waals surface area contributed by atoms with Crippen molar-refractivity contribution >= 4 is 15.8 Å². The number of sulfonamides is 1. The van der Waals surface area contributed by atoms with E-state index in [4.69, 9.17) is 14.6 Å². The Balaban J connectivity index is 0.00000259. The molecule has 1 heterocycles. The van der Waals surface area contributed by atoms with Gasteiger partial charge in [-0.15, -0.1) is 0 Å². The maximum atomic E-state index is 14.6. The lowest BCUT2D eigenvalue weighted by molar-refractivity contribution is -0.120. The van der Waals surface area contributed by atoms with Crippen molar-refractivity contribution in [3.05, 3.63) is 77.6 Å². The number of halogens is 1. The van der Waals surface area contributed by atoms with Crippen LogP contribution in [0.1, 0.15) is 25.4 Å². The lowest BCUT2D eigenvalue weighted by Crippen LogP contribution is -2.22. The van der Waals surface area contributed by atoms with Crippen molar-refractivity contribution < 1.29 is 28.5 Å². The molecule has 166 valence electrons. The minimum Gasteiger partial charge on any atom is -0.454 e. The number of nitrogens with two attached hydrogens (primary N) is 1. The number of ketones is 1. The highest BCUT2D eigenvalue weighted by molar-refractivity contribution is 7.89. The van der Waals surface area contributed by atoms with E-state index in [9.17, 15) is 17.6 Å². The molecule has 0 atom stereocenters. The van der Waals surface area contributed by atoms with Gasteiger partial charge in [-0.05, 0) is 65.9 Å². The number of rotatable bonds is 6. The summed E-state index contributed by atoms with van der Waals surface area (Å²) in [6.45, 7) is 0.171. The fraction of sp³-hybridized carbons (Fsp3) is 0.208. The maximum absolute atomic E-state index is 14.6. The van der Waals surface area contributed by atoms with Crippen molar-refractivity contribution in [3.63, 3.8) is 0 Å². The molecule has 0 spiro atoms. The Bertz CT molecular complexity index is 1350. The molecule has 3 aromatic carbocycles. The lowest BCUT2D eigenvalue weighted by atomic mass is 9.87. The van der Waals surface area contributed by atoms with E-state index < -0.39 is 21.3 Å². The first-order valence-electron chi connectivity index (χ1n) is 10.1. The molecule has 2 N–H and O–H groups in total. The van der Waals surface area contributed by atoms with Crippen LogP contribution in [0.15, 0.2) is 65.6 Å². The first-order valence-corrected chi connectivity index (χ1v) is 11.7. The van der Waals surface area contributed by atoms with Crippen LogP contribution in [-0.4, -0.2) is 21.0 Å². The van der Waals surface area contributed by atoms with Gasteiger partial charge in [-0.1, -0.05) is 24.3 Å². The molecule has 8 heteroatoms. The molecule has 1 aliphatic carbocycles. The average molecular weight is 456 g/mol. The van der Waals surface area contributed by atoms with Gasteiger partial charge in [0.15, 0.2) is 11.5 Å². The Hall–Kier alpha value is -3.23. The van der Waals surface area contributed by atoms with E-state index in [0.717, 1.165) is 18.4 Å². The second-order valence-electron chi connectivity index (χ2n) is 8.14. The van der Waals surface area contributed by atoms with Gasteiger partial charge in [0.05, 0.1) is 10.3 Å². The number of hydrogen-bond donors (Lipinski definition) is 1. The molecule has 0 aromatic heterocycles. The number of ether oxygens (including phenoxy) is 2. The van der Waals surface area contributed by atoms with Gasteiger partial charge in [0.25, 0.3) is 0 Å². The third kappa shape index (κ3) is 3.65. The Morgan fingerprint density at radius 1 is 1.03 bits per heavy atom.